The minimum Gasteiger partial charge on any atom is -0.438 e. The highest BCUT2D eigenvalue weighted by molar-refractivity contribution is 5.91. The van der Waals surface area contributed by atoms with Gasteiger partial charge in [0.25, 0.3) is 0 Å². The fraction of sp³-hybridized carbons (Fsp3) is 0.179. The summed E-state index contributed by atoms with van der Waals surface area (Å²) < 4.78 is 10.4. The SMILES string of the molecule is Cc1ccc([C@H]2c3ccc4ccccc4c3Oc3ncn(CCCn4ccnc4)c(=N)c32)cc1. The number of benzene rings is 3. The number of hydrogen-bond acceptors (Lipinski definition) is 4. The zero-order chi connectivity index (χ0) is 23.1. The number of fused-ring (bicyclic) bond motifs is 4. The van der Waals surface area contributed by atoms with Crippen LogP contribution in [0.3, 0.4) is 0 Å². The van der Waals surface area contributed by atoms with Gasteiger partial charge in [-0.05, 0) is 24.3 Å². The van der Waals surface area contributed by atoms with E-state index < -0.39 is 0 Å². The van der Waals surface area contributed by atoms with Crippen LogP contribution < -0.4 is 10.2 Å². The van der Waals surface area contributed by atoms with Crippen molar-refractivity contribution in [3.8, 4) is 11.6 Å². The molecule has 34 heavy (non-hydrogen) atoms. The van der Waals surface area contributed by atoms with E-state index in [1.807, 2.05) is 29.2 Å². The first kappa shape index (κ1) is 20.4. The fourth-order valence-electron chi connectivity index (χ4n) is 4.82. The van der Waals surface area contributed by atoms with Gasteiger partial charge in [0.2, 0.25) is 5.88 Å². The molecule has 5 aromatic rings. The van der Waals surface area contributed by atoms with Gasteiger partial charge < -0.3 is 13.9 Å². The van der Waals surface area contributed by atoms with Crippen LogP contribution in [0.4, 0.5) is 0 Å². The van der Waals surface area contributed by atoms with Crippen molar-refractivity contribution in [3.63, 3.8) is 0 Å². The number of aromatic nitrogens is 4. The van der Waals surface area contributed by atoms with Gasteiger partial charge in [-0.1, -0.05) is 66.2 Å². The molecule has 1 N–H and O–H groups in total. The van der Waals surface area contributed by atoms with Crippen LogP contribution >= 0.6 is 0 Å². The second-order valence-corrected chi connectivity index (χ2v) is 8.81. The molecule has 0 amide bonds. The van der Waals surface area contributed by atoms with Gasteiger partial charge in [-0.25, -0.2) is 9.97 Å². The molecule has 0 aliphatic carbocycles. The van der Waals surface area contributed by atoms with Gasteiger partial charge in [0.15, 0.2) is 0 Å². The molecule has 0 unspecified atom stereocenters. The monoisotopic (exact) mass is 447 g/mol. The Morgan fingerprint density at radius 3 is 2.65 bits per heavy atom. The molecule has 1 aliphatic rings. The lowest BCUT2D eigenvalue weighted by molar-refractivity contribution is 0.423. The Labute approximate surface area is 197 Å². The zero-order valence-corrected chi connectivity index (χ0v) is 19.0. The standard InChI is InChI=1S/C28H25N5O/c1-19-7-9-21(10-8-19)24-23-12-11-20-5-2-3-6-22(20)26(23)34-28-25(24)27(29)33(18-31-28)15-4-14-32-16-13-30-17-32/h2-3,5-13,16-18,24,29H,4,14-15H2,1H3/t24-/m0/s1. The quantitative estimate of drug-likeness (QED) is 0.385. The van der Waals surface area contributed by atoms with Crippen molar-refractivity contribution in [1.29, 1.82) is 5.41 Å². The summed E-state index contributed by atoms with van der Waals surface area (Å²) in [4.78, 5) is 8.80. The van der Waals surface area contributed by atoms with Gasteiger partial charge in [0.1, 0.15) is 17.6 Å². The molecule has 3 aromatic carbocycles. The van der Waals surface area contributed by atoms with Gasteiger partial charge >= 0.3 is 0 Å². The van der Waals surface area contributed by atoms with Crippen molar-refractivity contribution >= 4 is 10.8 Å². The minimum absolute atomic E-state index is 0.120. The van der Waals surface area contributed by atoms with Gasteiger partial charge in [-0.3, -0.25) is 5.41 Å². The molecule has 3 heterocycles. The van der Waals surface area contributed by atoms with Crippen molar-refractivity contribution in [2.24, 2.45) is 0 Å². The van der Waals surface area contributed by atoms with Crippen LogP contribution in [0.1, 0.15) is 34.6 Å². The average Bonchev–Trinajstić information content (AvgIpc) is 3.38. The predicted molar refractivity (Wildman–Crippen MR) is 131 cm³/mol. The van der Waals surface area contributed by atoms with E-state index in [9.17, 15) is 0 Å². The Morgan fingerprint density at radius 2 is 1.82 bits per heavy atom. The lowest BCUT2D eigenvalue weighted by Gasteiger charge is -2.29. The highest BCUT2D eigenvalue weighted by Gasteiger charge is 2.33. The van der Waals surface area contributed by atoms with Gasteiger partial charge in [0.05, 0.1) is 11.9 Å². The largest absolute Gasteiger partial charge is 0.438 e. The topological polar surface area (TPSA) is 68.7 Å². The Hall–Kier alpha value is -4.19. The molecule has 2 aromatic heterocycles. The lowest BCUT2D eigenvalue weighted by Crippen LogP contribution is -2.30. The van der Waals surface area contributed by atoms with Crippen molar-refractivity contribution in [3.05, 3.63) is 113 Å². The molecule has 0 saturated carbocycles. The van der Waals surface area contributed by atoms with E-state index in [4.69, 9.17) is 15.1 Å². The van der Waals surface area contributed by atoms with E-state index in [0.717, 1.165) is 46.2 Å². The third-order valence-corrected chi connectivity index (χ3v) is 6.58. The van der Waals surface area contributed by atoms with Crippen LogP contribution in [0, 0.1) is 12.3 Å². The third kappa shape index (κ3) is 3.48. The summed E-state index contributed by atoms with van der Waals surface area (Å²) in [6, 6.07) is 21.1. The van der Waals surface area contributed by atoms with Gasteiger partial charge in [0, 0.05) is 42.4 Å². The first-order valence-electron chi connectivity index (χ1n) is 11.5. The van der Waals surface area contributed by atoms with Gasteiger partial charge in [-0.15, -0.1) is 0 Å². The van der Waals surface area contributed by atoms with Crippen LogP contribution in [0.2, 0.25) is 0 Å². The smallest absolute Gasteiger partial charge is 0.228 e. The molecular weight excluding hydrogens is 422 g/mol. The summed E-state index contributed by atoms with van der Waals surface area (Å²) in [6.45, 7) is 3.63. The molecule has 1 aliphatic heterocycles. The van der Waals surface area contributed by atoms with Crippen LogP contribution in [0.5, 0.6) is 11.6 Å². The first-order chi connectivity index (χ1) is 16.7. The third-order valence-electron chi connectivity index (χ3n) is 6.58. The molecule has 0 radical (unpaired) electrons. The van der Waals surface area contributed by atoms with E-state index in [-0.39, 0.29) is 5.92 Å². The van der Waals surface area contributed by atoms with E-state index in [1.165, 1.54) is 5.56 Å². The summed E-state index contributed by atoms with van der Waals surface area (Å²) in [5.41, 5.74) is 4.68. The van der Waals surface area contributed by atoms with Crippen LogP contribution in [0.25, 0.3) is 10.8 Å². The maximum atomic E-state index is 9.13. The highest BCUT2D eigenvalue weighted by atomic mass is 16.5. The van der Waals surface area contributed by atoms with Crippen molar-refractivity contribution in [2.45, 2.75) is 32.4 Å². The zero-order valence-electron chi connectivity index (χ0n) is 19.0. The van der Waals surface area contributed by atoms with Crippen molar-refractivity contribution in [1.82, 2.24) is 19.1 Å². The Morgan fingerprint density at radius 1 is 0.971 bits per heavy atom. The number of rotatable bonds is 5. The molecule has 6 heteroatoms. The Balaban J connectivity index is 1.47. The molecule has 6 nitrogen and oxygen atoms in total. The Kier molecular flexibility index (Phi) is 4.99. The summed E-state index contributed by atoms with van der Waals surface area (Å²) >= 11 is 0. The molecule has 0 spiro atoms. The molecule has 0 saturated heterocycles. The second kappa shape index (κ2) is 8.30. The maximum Gasteiger partial charge on any atom is 0.228 e. The second-order valence-electron chi connectivity index (χ2n) is 8.81. The molecular formula is C28H25N5O. The number of imidazole rings is 1. The Bertz CT molecular complexity index is 1530. The van der Waals surface area contributed by atoms with E-state index in [1.54, 1.807) is 12.5 Å². The van der Waals surface area contributed by atoms with Crippen LogP contribution in [0.15, 0.2) is 85.7 Å². The van der Waals surface area contributed by atoms with Crippen molar-refractivity contribution in [2.75, 3.05) is 0 Å². The number of nitrogens with one attached hydrogen (secondary N) is 1. The number of nitrogens with zero attached hydrogens (tertiary/aromatic N) is 4. The van der Waals surface area contributed by atoms with Crippen LogP contribution in [-0.2, 0) is 13.1 Å². The normalized spacial score (nSPS) is 14.4. The van der Waals surface area contributed by atoms with Crippen LogP contribution in [-0.4, -0.2) is 19.1 Å². The summed E-state index contributed by atoms with van der Waals surface area (Å²) in [6.07, 6.45) is 8.18. The summed E-state index contributed by atoms with van der Waals surface area (Å²) in [5.74, 6) is 1.23. The summed E-state index contributed by atoms with van der Waals surface area (Å²) in [5, 5.41) is 11.3. The molecule has 0 bridgehead atoms. The van der Waals surface area contributed by atoms with E-state index >= 15 is 0 Å². The van der Waals surface area contributed by atoms with Gasteiger partial charge in [-0.2, -0.15) is 0 Å². The minimum atomic E-state index is -0.120. The number of hydrogen-bond donors (Lipinski definition) is 1. The lowest BCUT2D eigenvalue weighted by atomic mass is 9.82. The number of aryl methyl sites for hydroxylation is 3. The molecule has 0 fully saturated rings. The molecule has 6 rings (SSSR count). The molecule has 168 valence electrons. The highest BCUT2D eigenvalue weighted by Crippen LogP contribution is 2.47. The predicted octanol–water partition coefficient (Wildman–Crippen LogP) is 5.40. The summed E-state index contributed by atoms with van der Waals surface area (Å²) in [7, 11) is 0. The van der Waals surface area contributed by atoms with Crippen molar-refractivity contribution < 1.29 is 4.74 Å². The molecule has 1 atom stereocenters. The average molecular weight is 448 g/mol. The van der Waals surface area contributed by atoms with E-state index in [0.29, 0.717) is 17.9 Å². The first-order valence-corrected chi connectivity index (χ1v) is 11.5. The maximum absolute atomic E-state index is 9.13. The number of ether oxygens (including phenoxy) is 1. The van der Waals surface area contributed by atoms with E-state index in [2.05, 4.69) is 65.0 Å². The fourth-order valence-corrected chi connectivity index (χ4v) is 4.82.